The zero-order valence-electron chi connectivity index (χ0n) is 28.4. The largest absolute Gasteiger partial charge is 0.488 e. The average molecular weight is 725 g/mol. The number of carbonyl (C=O) groups excluding carboxylic acids is 3. The molecule has 3 heterocycles. The molecule has 0 bridgehead atoms. The van der Waals surface area contributed by atoms with Crippen LogP contribution in [0.15, 0.2) is 121 Å². The van der Waals surface area contributed by atoms with Gasteiger partial charge in [0.15, 0.2) is 0 Å². The van der Waals surface area contributed by atoms with Gasteiger partial charge >= 0.3 is 6.03 Å². The molecule has 5 aromatic carbocycles. The van der Waals surface area contributed by atoms with Crippen LogP contribution in [-0.4, -0.2) is 35.9 Å². The van der Waals surface area contributed by atoms with Crippen molar-refractivity contribution in [3.05, 3.63) is 169 Å². The van der Waals surface area contributed by atoms with Gasteiger partial charge in [-0.1, -0.05) is 84.4 Å². The SMILES string of the molecule is O=C1NC(=O)N(c2cc3c4c(c2)[C@H](c2ccccc2)CCN4CC[C@H]3c2ccccc2)C(=O)/C1=C/c1cc(Cl)ccc1OCc1cccc([N+](=O)[O-])c1. The monoisotopic (exact) mass is 724 g/mol. The van der Waals surface area contributed by atoms with Gasteiger partial charge < -0.3 is 9.64 Å². The van der Waals surface area contributed by atoms with E-state index in [1.54, 1.807) is 30.3 Å². The van der Waals surface area contributed by atoms with E-state index >= 15 is 0 Å². The van der Waals surface area contributed by atoms with Crippen LogP contribution in [0.3, 0.4) is 0 Å². The van der Waals surface area contributed by atoms with Crippen molar-refractivity contribution in [3.8, 4) is 5.75 Å². The lowest BCUT2D eigenvalue weighted by Crippen LogP contribution is -2.54. The number of amides is 4. The zero-order valence-corrected chi connectivity index (χ0v) is 29.2. The summed E-state index contributed by atoms with van der Waals surface area (Å²) in [7, 11) is 0. The molecule has 0 saturated carbocycles. The molecule has 1 fully saturated rings. The molecule has 5 aromatic rings. The van der Waals surface area contributed by atoms with Gasteiger partial charge in [0, 0.05) is 53.3 Å². The van der Waals surface area contributed by atoms with Gasteiger partial charge in [-0.3, -0.25) is 25.0 Å². The molecule has 4 amide bonds. The van der Waals surface area contributed by atoms with Gasteiger partial charge in [0.1, 0.15) is 17.9 Å². The van der Waals surface area contributed by atoms with Gasteiger partial charge in [0.2, 0.25) is 0 Å². The predicted octanol–water partition coefficient (Wildman–Crippen LogP) is 8.37. The van der Waals surface area contributed by atoms with E-state index in [1.165, 1.54) is 18.2 Å². The van der Waals surface area contributed by atoms with E-state index in [0.717, 1.165) is 58.8 Å². The topological polar surface area (TPSA) is 122 Å². The molecular formula is C42H33ClN4O6. The van der Waals surface area contributed by atoms with E-state index < -0.39 is 22.8 Å². The summed E-state index contributed by atoms with van der Waals surface area (Å²) < 4.78 is 6.02. The van der Waals surface area contributed by atoms with E-state index in [0.29, 0.717) is 21.8 Å². The molecule has 1 N–H and O–H groups in total. The summed E-state index contributed by atoms with van der Waals surface area (Å²) in [4.78, 5) is 55.7. The van der Waals surface area contributed by atoms with Gasteiger partial charge in [-0.2, -0.15) is 0 Å². The summed E-state index contributed by atoms with van der Waals surface area (Å²) >= 11 is 6.36. The summed E-state index contributed by atoms with van der Waals surface area (Å²) in [5, 5.41) is 14.0. The number of nitrogens with one attached hydrogen (secondary N) is 1. The number of nitro groups is 1. The van der Waals surface area contributed by atoms with Crippen LogP contribution in [0.25, 0.3) is 6.08 Å². The van der Waals surface area contributed by atoms with Crippen molar-refractivity contribution < 1.29 is 24.0 Å². The van der Waals surface area contributed by atoms with Crippen molar-refractivity contribution in [2.24, 2.45) is 0 Å². The second-order valence-corrected chi connectivity index (χ2v) is 13.8. The molecule has 0 radical (unpaired) electrons. The van der Waals surface area contributed by atoms with Crippen molar-refractivity contribution >= 4 is 52.6 Å². The molecule has 2 atom stereocenters. The van der Waals surface area contributed by atoms with Crippen LogP contribution >= 0.6 is 11.6 Å². The lowest BCUT2D eigenvalue weighted by molar-refractivity contribution is -0.384. The molecule has 11 heteroatoms. The Morgan fingerprint density at radius 3 is 2.08 bits per heavy atom. The highest BCUT2D eigenvalue weighted by Crippen LogP contribution is 2.50. The van der Waals surface area contributed by atoms with Crippen LogP contribution in [0.5, 0.6) is 5.75 Å². The Kier molecular flexibility index (Phi) is 8.97. The number of rotatable bonds is 8. The fraction of sp³-hybridized carbons (Fsp3) is 0.167. The molecular weight excluding hydrogens is 692 g/mol. The third kappa shape index (κ3) is 6.53. The van der Waals surface area contributed by atoms with Gasteiger partial charge in [-0.05, 0) is 77.1 Å². The Labute approximate surface area is 310 Å². The maximum Gasteiger partial charge on any atom is 0.335 e. The second kappa shape index (κ2) is 14.0. The van der Waals surface area contributed by atoms with E-state index in [-0.39, 0.29) is 35.5 Å². The predicted molar refractivity (Wildman–Crippen MR) is 202 cm³/mol. The molecule has 1 saturated heterocycles. The third-order valence-corrected chi connectivity index (χ3v) is 10.4. The van der Waals surface area contributed by atoms with Crippen molar-refractivity contribution in [2.75, 3.05) is 22.9 Å². The smallest absolute Gasteiger partial charge is 0.335 e. The maximum atomic E-state index is 14.4. The number of hydrogen-bond acceptors (Lipinski definition) is 7. The Bertz CT molecular complexity index is 2240. The number of nitro benzene ring substituents is 1. The highest BCUT2D eigenvalue weighted by atomic mass is 35.5. The molecule has 0 aromatic heterocycles. The van der Waals surface area contributed by atoms with Crippen LogP contribution < -0.4 is 19.9 Å². The van der Waals surface area contributed by atoms with Gasteiger partial charge in [-0.15, -0.1) is 0 Å². The average Bonchev–Trinajstić information content (AvgIpc) is 3.17. The third-order valence-electron chi connectivity index (χ3n) is 10.1. The highest BCUT2D eigenvalue weighted by Gasteiger charge is 2.40. The lowest BCUT2D eigenvalue weighted by atomic mass is 9.76. The maximum absolute atomic E-state index is 14.4. The summed E-state index contributed by atoms with van der Waals surface area (Å²) in [5.41, 5.74) is 6.39. The molecule has 3 aliphatic rings. The van der Waals surface area contributed by atoms with E-state index in [9.17, 15) is 24.5 Å². The summed E-state index contributed by atoms with van der Waals surface area (Å²) in [5.74, 6) is -1.28. The van der Waals surface area contributed by atoms with Crippen LogP contribution in [0, 0.1) is 10.1 Å². The standard InChI is InChI=1S/C42H33ClN4O6/c43-30-14-15-38(53-25-26-8-7-13-31(20-26)47(51)52)29(21-30)22-37-40(48)44-42(50)46(41(37)49)32-23-35-33(27-9-3-1-4-10-27)16-18-45-19-17-34(36(24-32)39(35)45)28-11-5-2-6-12-28/h1-15,20-24,33-34H,16-19,25H2,(H,44,48,50)/b37-22+/t33-,34-/m0/s1. The molecule has 0 unspecified atom stereocenters. The molecule has 264 valence electrons. The van der Waals surface area contributed by atoms with Gasteiger partial charge in [0.25, 0.3) is 17.5 Å². The number of imide groups is 2. The first-order valence-electron chi connectivity index (χ1n) is 17.3. The summed E-state index contributed by atoms with van der Waals surface area (Å²) in [6, 6.07) is 34.3. The molecule has 8 rings (SSSR count). The van der Waals surface area contributed by atoms with Crippen molar-refractivity contribution in [3.63, 3.8) is 0 Å². The highest BCUT2D eigenvalue weighted by molar-refractivity contribution is 6.39. The van der Waals surface area contributed by atoms with Crippen molar-refractivity contribution in [1.82, 2.24) is 5.32 Å². The fourth-order valence-corrected chi connectivity index (χ4v) is 7.88. The number of benzene rings is 5. The molecule has 0 aliphatic carbocycles. The fourth-order valence-electron chi connectivity index (χ4n) is 7.70. The second-order valence-electron chi connectivity index (χ2n) is 13.3. The minimum absolute atomic E-state index is 0.0235. The van der Waals surface area contributed by atoms with E-state index in [2.05, 4.69) is 34.5 Å². The van der Waals surface area contributed by atoms with Crippen molar-refractivity contribution in [1.29, 1.82) is 0 Å². The van der Waals surface area contributed by atoms with E-state index in [4.69, 9.17) is 16.3 Å². The Morgan fingerprint density at radius 2 is 1.45 bits per heavy atom. The number of urea groups is 1. The first-order valence-corrected chi connectivity index (χ1v) is 17.7. The minimum atomic E-state index is -0.851. The number of carbonyl (C=O) groups is 3. The Hall–Kier alpha value is -6.26. The van der Waals surface area contributed by atoms with Crippen molar-refractivity contribution in [2.45, 2.75) is 31.3 Å². The van der Waals surface area contributed by atoms with Crippen LogP contribution in [0.2, 0.25) is 5.02 Å². The molecule has 53 heavy (non-hydrogen) atoms. The Morgan fingerprint density at radius 1 is 0.811 bits per heavy atom. The number of barbiturate groups is 1. The number of halogens is 1. The lowest BCUT2D eigenvalue weighted by Gasteiger charge is -2.44. The van der Waals surface area contributed by atoms with Gasteiger partial charge in [0.05, 0.1) is 10.6 Å². The number of nitrogens with zero attached hydrogens (tertiary/aromatic N) is 3. The minimum Gasteiger partial charge on any atom is -0.488 e. The Balaban J connectivity index is 1.20. The molecule has 0 spiro atoms. The number of hydrogen-bond donors (Lipinski definition) is 1. The first kappa shape index (κ1) is 33.9. The number of ether oxygens (including phenoxy) is 1. The summed E-state index contributed by atoms with van der Waals surface area (Å²) in [6.07, 6.45) is 3.09. The molecule has 3 aliphatic heterocycles. The quantitative estimate of drug-likeness (QED) is 0.0739. The normalized spacial score (nSPS) is 18.8. The van der Waals surface area contributed by atoms with E-state index in [1.807, 2.05) is 48.5 Å². The van der Waals surface area contributed by atoms with Gasteiger partial charge in [-0.25, -0.2) is 9.69 Å². The first-order chi connectivity index (χ1) is 25.7. The van der Waals surface area contributed by atoms with Crippen LogP contribution in [-0.2, 0) is 16.2 Å². The van der Waals surface area contributed by atoms with Crippen LogP contribution in [0.1, 0.15) is 58.1 Å². The zero-order chi connectivity index (χ0) is 36.6. The van der Waals surface area contributed by atoms with Crippen LogP contribution in [0.4, 0.5) is 21.9 Å². The number of anilines is 2. The summed E-state index contributed by atoms with van der Waals surface area (Å²) in [6.45, 7) is 1.75. The number of non-ortho nitro benzene ring substituents is 1. The molecule has 10 nitrogen and oxygen atoms in total.